The first-order valence-corrected chi connectivity index (χ1v) is 22.2. The van der Waals surface area contributed by atoms with Crippen molar-refractivity contribution in [2.24, 2.45) is 17.8 Å². The van der Waals surface area contributed by atoms with Crippen LogP contribution in [0.2, 0.25) is 5.02 Å². The number of amides is 4. The van der Waals surface area contributed by atoms with Crippen molar-refractivity contribution in [1.29, 1.82) is 0 Å². The second kappa shape index (κ2) is 16.3. The van der Waals surface area contributed by atoms with Crippen LogP contribution in [-0.2, 0) is 24.4 Å². The minimum Gasteiger partial charge on any atom is -0.475 e. The van der Waals surface area contributed by atoms with E-state index in [1.165, 1.54) is 6.07 Å². The third-order valence-corrected chi connectivity index (χ3v) is 14.3. The van der Waals surface area contributed by atoms with Gasteiger partial charge in [-0.1, -0.05) is 50.6 Å². The lowest BCUT2D eigenvalue weighted by Crippen LogP contribution is -2.64. The van der Waals surface area contributed by atoms with Gasteiger partial charge in [0.25, 0.3) is 11.8 Å². The van der Waals surface area contributed by atoms with Gasteiger partial charge in [0.05, 0.1) is 11.4 Å². The summed E-state index contributed by atoms with van der Waals surface area (Å²) < 4.78 is 75.5. The molecular formula is C41H54ClF2N5O9S. The number of sulfonamides is 1. The van der Waals surface area contributed by atoms with Gasteiger partial charge in [-0.2, -0.15) is 13.8 Å². The standard InChI is InChI=1S/C41H54ClF2N5O9S/c1-8-25(6)48(38(53)54)33-24(5)18-23(4)12-9-10-13-26-20-40(26,37(52)47-59(55,56)27-16-17-27)46-34(50)31-21-39(7,41(43,44)49(31)36(33)51)58-35-28-14-11-15-30(42)29(28)19-32(45-35)57-22(2)3/h10-11,13-15,19,22-27,31,33H,8-9,12,16-18,20-21H2,1-7H3,(H,46,50)(H,47,52)(H,53,54)/b13-10-/t23-,24-,25?,26-,31+,33+,39-,40-/m1/s1. The average Bonchev–Trinajstić information content (AvgIpc) is 4.07. The number of benzene rings is 1. The molecule has 3 fully saturated rings. The number of fused-ring (bicyclic) bond motifs is 3. The van der Waals surface area contributed by atoms with Crippen LogP contribution in [0.4, 0.5) is 13.6 Å². The van der Waals surface area contributed by atoms with E-state index in [0.717, 1.165) is 11.8 Å². The Bertz CT molecular complexity index is 2140. The van der Waals surface area contributed by atoms with Crippen LogP contribution in [0, 0.1) is 17.8 Å². The smallest absolute Gasteiger partial charge is 0.408 e. The number of halogens is 3. The molecule has 1 saturated heterocycles. The average molecular weight is 866 g/mol. The van der Waals surface area contributed by atoms with Gasteiger partial charge in [-0.15, -0.1) is 0 Å². The summed E-state index contributed by atoms with van der Waals surface area (Å²) in [6.45, 7) is 11.4. The molecule has 0 spiro atoms. The minimum absolute atomic E-state index is 0.0137. The van der Waals surface area contributed by atoms with E-state index in [-0.39, 0.29) is 58.4 Å². The Hall–Kier alpha value is -4.25. The molecule has 2 aliphatic heterocycles. The Labute approximate surface area is 348 Å². The summed E-state index contributed by atoms with van der Waals surface area (Å²) >= 11 is 6.54. The predicted octanol–water partition coefficient (Wildman–Crippen LogP) is 6.65. The molecule has 1 unspecified atom stereocenters. The fourth-order valence-electron chi connectivity index (χ4n) is 8.46. The molecule has 8 atom stereocenters. The van der Waals surface area contributed by atoms with Crippen molar-refractivity contribution in [2.45, 2.75) is 146 Å². The molecule has 4 aliphatic rings. The number of pyridine rings is 1. The molecule has 1 aromatic carbocycles. The molecule has 3 heterocycles. The summed E-state index contributed by atoms with van der Waals surface area (Å²) in [6.07, 6.45) is 3.15. The second-order valence-electron chi connectivity index (χ2n) is 17.2. The van der Waals surface area contributed by atoms with Crippen LogP contribution in [-0.4, -0.2) is 98.8 Å². The van der Waals surface area contributed by atoms with Crippen LogP contribution >= 0.6 is 11.6 Å². The van der Waals surface area contributed by atoms with E-state index in [0.29, 0.717) is 31.1 Å². The molecule has 2 aliphatic carbocycles. The highest BCUT2D eigenvalue weighted by atomic mass is 35.5. The van der Waals surface area contributed by atoms with Crippen LogP contribution < -0.4 is 19.5 Å². The molecule has 0 radical (unpaired) electrons. The van der Waals surface area contributed by atoms with Gasteiger partial charge in [0.15, 0.2) is 5.60 Å². The first-order valence-electron chi connectivity index (χ1n) is 20.3. The van der Waals surface area contributed by atoms with Crippen molar-refractivity contribution < 1.29 is 51.0 Å². The number of aromatic nitrogens is 1. The molecule has 1 aromatic heterocycles. The van der Waals surface area contributed by atoms with Gasteiger partial charge in [-0.3, -0.25) is 28.9 Å². The number of carbonyl (C=O) groups is 4. The number of alkyl halides is 2. The van der Waals surface area contributed by atoms with Crippen molar-refractivity contribution in [3.8, 4) is 11.8 Å². The number of nitrogens with one attached hydrogen (secondary N) is 2. The number of carbonyl (C=O) groups excluding carboxylic acids is 3. The quantitative estimate of drug-likeness (QED) is 0.173. The maximum Gasteiger partial charge on any atom is 0.408 e. The van der Waals surface area contributed by atoms with Gasteiger partial charge in [0.2, 0.25) is 27.7 Å². The van der Waals surface area contributed by atoms with E-state index in [9.17, 15) is 27.9 Å². The van der Waals surface area contributed by atoms with Crippen LogP contribution in [0.3, 0.4) is 0 Å². The number of nitrogens with zero attached hydrogens (tertiary/aromatic N) is 3. The Morgan fingerprint density at radius 1 is 1.14 bits per heavy atom. The number of hydrogen-bond acceptors (Lipinski definition) is 9. The maximum atomic E-state index is 17.8. The van der Waals surface area contributed by atoms with Crippen molar-refractivity contribution in [2.75, 3.05) is 0 Å². The number of allylic oxidation sites excluding steroid dienone is 1. The van der Waals surface area contributed by atoms with E-state index in [1.807, 2.05) is 13.0 Å². The highest BCUT2D eigenvalue weighted by Crippen LogP contribution is 2.51. The van der Waals surface area contributed by atoms with E-state index in [2.05, 4.69) is 15.0 Å². The molecule has 2 aromatic rings. The van der Waals surface area contributed by atoms with Crippen LogP contribution in [0.15, 0.2) is 36.4 Å². The minimum atomic E-state index is -4.32. The van der Waals surface area contributed by atoms with E-state index in [4.69, 9.17) is 21.1 Å². The van der Waals surface area contributed by atoms with E-state index >= 15 is 13.6 Å². The van der Waals surface area contributed by atoms with Gasteiger partial charge >= 0.3 is 12.1 Å². The van der Waals surface area contributed by atoms with Gasteiger partial charge < -0.3 is 19.9 Å². The SMILES string of the molecule is CCC(C)N(C(=O)O)[C@@H]1C(=O)N2[C@@H](C[C@@](C)(Oc3nc(OC(C)C)cc4c(Cl)cccc34)C2(F)F)C(=O)N[C@]2(C(=O)NS(=O)(=O)C3CC3)C[C@H]2/C=C\CC[C@@H](C)C[C@H]1C. The third-order valence-electron chi connectivity index (χ3n) is 12.1. The van der Waals surface area contributed by atoms with Crippen molar-refractivity contribution in [3.63, 3.8) is 0 Å². The molecule has 324 valence electrons. The summed E-state index contributed by atoms with van der Waals surface area (Å²) in [7, 11) is -4.08. The first kappa shape index (κ1) is 44.3. The molecule has 4 amide bonds. The topological polar surface area (TPSA) is 185 Å². The molecule has 3 N–H and O–H groups in total. The van der Waals surface area contributed by atoms with E-state index < -0.39 is 92.7 Å². The molecule has 59 heavy (non-hydrogen) atoms. The lowest BCUT2D eigenvalue weighted by Gasteiger charge is -2.42. The molecule has 14 nitrogen and oxygen atoms in total. The van der Waals surface area contributed by atoms with Gasteiger partial charge in [0, 0.05) is 40.2 Å². The molecular weight excluding hydrogens is 812 g/mol. The summed E-state index contributed by atoms with van der Waals surface area (Å²) in [4.78, 5) is 62.1. The fraction of sp³-hybridized carbons (Fsp3) is 0.634. The molecule has 6 rings (SSSR count). The summed E-state index contributed by atoms with van der Waals surface area (Å²) in [5.74, 6) is -5.39. The molecule has 0 bridgehead atoms. The summed E-state index contributed by atoms with van der Waals surface area (Å²) in [5, 5.41) is 13.3. The van der Waals surface area contributed by atoms with Crippen LogP contribution in [0.25, 0.3) is 10.8 Å². The zero-order valence-electron chi connectivity index (χ0n) is 34.3. The van der Waals surface area contributed by atoms with Crippen LogP contribution in [0.5, 0.6) is 11.8 Å². The molecule has 2 saturated carbocycles. The maximum absolute atomic E-state index is 17.8. The van der Waals surface area contributed by atoms with E-state index in [1.54, 1.807) is 58.9 Å². The predicted molar refractivity (Wildman–Crippen MR) is 216 cm³/mol. The van der Waals surface area contributed by atoms with Crippen molar-refractivity contribution in [1.82, 2.24) is 24.8 Å². The van der Waals surface area contributed by atoms with Gasteiger partial charge in [-0.05, 0) is 96.6 Å². The van der Waals surface area contributed by atoms with Crippen molar-refractivity contribution in [3.05, 3.63) is 41.4 Å². The Morgan fingerprint density at radius 3 is 2.46 bits per heavy atom. The Morgan fingerprint density at radius 2 is 1.83 bits per heavy atom. The Kier molecular flexibility index (Phi) is 12.3. The lowest BCUT2D eigenvalue weighted by molar-refractivity contribution is -0.219. The lowest BCUT2D eigenvalue weighted by atomic mass is 9.86. The van der Waals surface area contributed by atoms with Crippen molar-refractivity contribution >= 4 is 56.2 Å². The number of ether oxygens (including phenoxy) is 2. The van der Waals surface area contributed by atoms with Gasteiger partial charge in [0.1, 0.15) is 17.6 Å². The number of hydrogen-bond donors (Lipinski definition) is 3. The number of rotatable bonds is 10. The zero-order valence-corrected chi connectivity index (χ0v) is 35.9. The molecule has 18 heteroatoms. The largest absolute Gasteiger partial charge is 0.475 e. The first-order chi connectivity index (χ1) is 27.6. The number of carboxylic acid groups (broad SMARTS) is 1. The third kappa shape index (κ3) is 8.55. The second-order valence-corrected chi connectivity index (χ2v) is 19.6. The zero-order chi connectivity index (χ0) is 43.4. The summed E-state index contributed by atoms with van der Waals surface area (Å²) in [5.41, 5.74) is -4.54. The highest BCUT2D eigenvalue weighted by molar-refractivity contribution is 7.91. The Balaban J connectivity index is 1.50. The monoisotopic (exact) mass is 865 g/mol. The normalized spacial score (nSPS) is 30.9. The summed E-state index contributed by atoms with van der Waals surface area (Å²) in [6, 6.07) is -2.53. The van der Waals surface area contributed by atoms with Crippen LogP contribution in [0.1, 0.15) is 99.8 Å². The highest BCUT2D eigenvalue weighted by Gasteiger charge is 2.71. The van der Waals surface area contributed by atoms with Gasteiger partial charge in [-0.25, -0.2) is 13.2 Å². The fourth-order valence-corrected chi connectivity index (χ4v) is 10.1.